The van der Waals surface area contributed by atoms with Crippen molar-refractivity contribution in [3.8, 4) is 0 Å². The molecule has 0 aromatic carbocycles. The van der Waals surface area contributed by atoms with Gasteiger partial charge in [-0.25, -0.2) is 0 Å². The number of nitrogens with one attached hydrogen (secondary N) is 1. The zero-order valence-corrected chi connectivity index (χ0v) is 6.13. The second-order valence-corrected chi connectivity index (χ2v) is 2.84. The molecule has 1 saturated carbocycles. The number of hydrogen-bond acceptors (Lipinski definition) is 2. The van der Waals surface area contributed by atoms with Crippen LogP contribution in [0.15, 0.2) is 0 Å². The summed E-state index contributed by atoms with van der Waals surface area (Å²) in [4.78, 5) is 10.4. The number of hydrogen-bond donors (Lipinski definition) is 2. The third kappa shape index (κ3) is 1.29. The second-order valence-electron chi connectivity index (χ2n) is 2.84. The maximum absolute atomic E-state index is 10.4. The highest BCUT2D eigenvalue weighted by Crippen LogP contribution is 2.33. The van der Waals surface area contributed by atoms with Crippen molar-refractivity contribution in [3.63, 3.8) is 0 Å². The van der Waals surface area contributed by atoms with Crippen molar-refractivity contribution in [2.75, 3.05) is 13.6 Å². The van der Waals surface area contributed by atoms with E-state index in [-0.39, 0.29) is 5.92 Å². The van der Waals surface area contributed by atoms with Gasteiger partial charge in [-0.15, -0.1) is 0 Å². The van der Waals surface area contributed by atoms with Gasteiger partial charge in [0.05, 0.1) is 5.92 Å². The lowest BCUT2D eigenvalue weighted by molar-refractivity contribution is -0.147. The van der Waals surface area contributed by atoms with Gasteiger partial charge in [-0.1, -0.05) is 0 Å². The molecule has 2 atom stereocenters. The van der Waals surface area contributed by atoms with Crippen LogP contribution < -0.4 is 5.32 Å². The molecule has 10 heavy (non-hydrogen) atoms. The maximum Gasteiger partial charge on any atom is 0.306 e. The van der Waals surface area contributed by atoms with E-state index in [9.17, 15) is 4.79 Å². The molecule has 1 aliphatic carbocycles. The average Bonchev–Trinajstić information content (AvgIpc) is 1.78. The molecule has 0 spiro atoms. The second kappa shape index (κ2) is 3.01. The van der Waals surface area contributed by atoms with Crippen molar-refractivity contribution < 1.29 is 9.90 Å². The number of carboxylic acids is 1. The summed E-state index contributed by atoms with van der Waals surface area (Å²) in [7, 11) is 1.86. The lowest BCUT2D eigenvalue weighted by atomic mass is 9.74. The first-order valence-electron chi connectivity index (χ1n) is 3.63. The summed E-state index contributed by atoms with van der Waals surface area (Å²) in [5, 5.41) is 11.6. The molecule has 1 fully saturated rings. The van der Waals surface area contributed by atoms with Gasteiger partial charge in [-0.3, -0.25) is 4.79 Å². The van der Waals surface area contributed by atoms with Crippen LogP contribution in [0.2, 0.25) is 0 Å². The normalized spacial score (nSPS) is 31.3. The first kappa shape index (κ1) is 7.54. The van der Waals surface area contributed by atoms with E-state index in [0.29, 0.717) is 5.92 Å². The lowest BCUT2D eigenvalue weighted by Crippen LogP contribution is -2.38. The SMILES string of the molecule is CNCC1CCC1C(=O)O. The number of carboxylic acid groups (broad SMARTS) is 1. The van der Waals surface area contributed by atoms with E-state index in [1.54, 1.807) is 0 Å². The molecule has 0 heterocycles. The summed E-state index contributed by atoms with van der Waals surface area (Å²) in [6.07, 6.45) is 1.93. The fourth-order valence-electron chi connectivity index (χ4n) is 1.40. The van der Waals surface area contributed by atoms with Gasteiger partial charge < -0.3 is 10.4 Å². The molecule has 3 nitrogen and oxygen atoms in total. The minimum absolute atomic E-state index is 0.0764. The van der Waals surface area contributed by atoms with Gasteiger partial charge >= 0.3 is 5.97 Å². The summed E-state index contributed by atoms with van der Waals surface area (Å²) in [6, 6.07) is 0. The van der Waals surface area contributed by atoms with Crippen molar-refractivity contribution >= 4 is 5.97 Å². The molecule has 58 valence electrons. The van der Waals surface area contributed by atoms with Gasteiger partial charge in [0.1, 0.15) is 0 Å². The van der Waals surface area contributed by atoms with Crippen LogP contribution in [0.1, 0.15) is 12.8 Å². The van der Waals surface area contributed by atoms with Crippen molar-refractivity contribution in [2.45, 2.75) is 12.8 Å². The van der Waals surface area contributed by atoms with Crippen molar-refractivity contribution in [1.82, 2.24) is 5.32 Å². The molecule has 0 aromatic rings. The van der Waals surface area contributed by atoms with Crippen LogP contribution in [-0.4, -0.2) is 24.7 Å². The van der Waals surface area contributed by atoms with Crippen LogP contribution in [0.4, 0.5) is 0 Å². The van der Waals surface area contributed by atoms with E-state index in [1.165, 1.54) is 0 Å². The summed E-state index contributed by atoms with van der Waals surface area (Å²) < 4.78 is 0. The third-order valence-corrected chi connectivity index (χ3v) is 2.20. The fourth-order valence-corrected chi connectivity index (χ4v) is 1.40. The molecule has 0 saturated heterocycles. The Morgan fingerprint density at radius 2 is 2.40 bits per heavy atom. The zero-order valence-electron chi connectivity index (χ0n) is 6.13. The first-order valence-corrected chi connectivity index (χ1v) is 3.63. The molecule has 3 heteroatoms. The molecule has 0 aromatic heterocycles. The Labute approximate surface area is 60.4 Å². The van der Waals surface area contributed by atoms with Gasteiger partial charge in [0.15, 0.2) is 0 Å². The third-order valence-electron chi connectivity index (χ3n) is 2.20. The topological polar surface area (TPSA) is 49.3 Å². The first-order chi connectivity index (χ1) is 4.75. The number of rotatable bonds is 3. The Morgan fingerprint density at radius 1 is 1.70 bits per heavy atom. The molecular weight excluding hydrogens is 130 g/mol. The minimum Gasteiger partial charge on any atom is -0.481 e. The standard InChI is InChI=1S/C7H13NO2/c1-8-4-5-2-3-6(5)7(9)10/h5-6,8H,2-4H2,1H3,(H,9,10). The molecular formula is C7H13NO2. The van der Waals surface area contributed by atoms with Gasteiger partial charge in [0.2, 0.25) is 0 Å². The molecule has 2 N–H and O–H groups in total. The van der Waals surface area contributed by atoms with Crippen LogP contribution >= 0.6 is 0 Å². The van der Waals surface area contributed by atoms with E-state index in [4.69, 9.17) is 5.11 Å². The summed E-state index contributed by atoms with van der Waals surface area (Å²) in [5.74, 6) is -0.332. The van der Waals surface area contributed by atoms with Crippen LogP contribution in [-0.2, 0) is 4.79 Å². The maximum atomic E-state index is 10.4. The minimum atomic E-state index is -0.633. The Kier molecular flexibility index (Phi) is 2.27. The van der Waals surface area contributed by atoms with Crippen LogP contribution in [0.3, 0.4) is 0 Å². The van der Waals surface area contributed by atoms with E-state index >= 15 is 0 Å². The Morgan fingerprint density at radius 3 is 2.70 bits per heavy atom. The highest BCUT2D eigenvalue weighted by molar-refractivity contribution is 5.71. The molecule has 1 rings (SSSR count). The van der Waals surface area contributed by atoms with Gasteiger partial charge in [0.25, 0.3) is 0 Å². The Hall–Kier alpha value is -0.570. The molecule has 1 aliphatic rings. The highest BCUT2D eigenvalue weighted by atomic mass is 16.4. The smallest absolute Gasteiger partial charge is 0.306 e. The predicted octanol–water partition coefficient (Wildman–Crippen LogP) is 0.317. The number of aliphatic carboxylic acids is 1. The van der Waals surface area contributed by atoms with Gasteiger partial charge in [-0.2, -0.15) is 0 Å². The molecule has 0 amide bonds. The van der Waals surface area contributed by atoms with E-state index < -0.39 is 5.97 Å². The fraction of sp³-hybridized carbons (Fsp3) is 0.857. The Bertz CT molecular complexity index is 136. The van der Waals surface area contributed by atoms with Crippen LogP contribution in [0, 0.1) is 11.8 Å². The van der Waals surface area contributed by atoms with E-state index in [1.807, 2.05) is 7.05 Å². The summed E-state index contributed by atoms with van der Waals surface area (Å²) in [5.41, 5.74) is 0. The zero-order chi connectivity index (χ0) is 7.56. The molecule has 0 bridgehead atoms. The van der Waals surface area contributed by atoms with Crippen LogP contribution in [0.25, 0.3) is 0 Å². The van der Waals surface area contributed by atoms with Crippen molar-refractivity contribution in [1.29, 1.82) is 0 Å². The van der Waals surface area contributed by atoms with E-state index in [0.717, 1.165) is 19.4 Å². The van der Waals surface area contributed by atoms with E-state index in [2.05, 4.69) is 5.32 Å². The Balaban J connectivity index is 2.28. The summed E-state index contributed by atoms with van der Waals surface area (Å²) in [6.45, 7) is 0.844. The van der Waals surface area contributed by atoms with Gasteiger partial charge in [0, 0.05) is 0 Å². The summed E-state index contributed by atoms with van der Waals surface area (Å²) >= 11 is 0. The predicted molar refractivity (Wildman–Crippen MR) is 37.8 cm³/mol. The molecule has 0 aliphatic heterocycles. The van der Waals surface area contributed by atoms with Gasteiger partial charge in [-0.05, 0) is 32.4 Å². The monoisotopic (exact) mass is 143 g/mol. The van der Waals surface area contributed by atoms with Crippen molar-refractivity contribution in [3.05, 3.63) is 0 Å². The van der Waals surface area contributed by atoms with Crippen molar-refractivity contribution in [2.24, 2.45) is 11.8 Å². The lowest BCUT2D eigenvalue weighted by Gasteiger charge is -2.32. The molecule has 0 radical (unpaired) electrons. The largest absolute Gasteiger partial charge is 0.481 e. The molecule has 2 unspecified atom stereocenters. The quantitative estimate of drug-likeness (QED) is 0.598. The average molecular weight is 143 g/mol. The van der Waals surface area contributed by atoms with Crippen LogP contribution in [0.5, 0.6) is 0 Å². The number of carbonyl (C=O) groups is 1. The highest BCUT2D eigenvalue weighted by Gasteiger charge is 2.35.